The van der Waals surface area contributed by atoms with E-state index >= 15 is 0 Å². The number of esters is 1. The lowest BCUT2D eigenvalue weighted by Gasteiger charge is -2.22. The second-order valence-electron chi connectivity index (χ2n) is 7.44. The van der Waals surface area contributed by atoms with E-state index in [2.05, 4.69) is 0 Å². The lowest BCUT2D eigenvalue weighted by molar-refractivity contribution is 0.0734. The fourth-order valence-electron chi connectivity index (χ4n) is 3.56. The van der Waals surface area contributed by atoms with E-state index in [1.807, 2.05) is 37.3 Å². The van der Waals surface area contributed by atoms with Gasteiger partial charge >= 0.3 is 5.97 Å². The maximum Gasteiger partial charge on any atom is 0.343 e. The molecule has 0 saturated carbocycles. The number of hydrogen-bond acceptors (Lipinski definition) is 5. The van der Waals surface area contributed by atoms with E-state index in [0.29, 0.717) is 21.9 Å². The molecule has 6 heteroatoms. The van der Waals surface area contributed by atoms with Crippen LogP contribution in [-0.4, -0.2) is 17.9 Å². The fraction of sp³-hybridized carbons (Fsp3) is 0.0769. The Morgan fingerprint density at radius 2 is 1.81 bits per heavy atom. The Hall–Kier alpha value is -3.83. The molecule has 0 N–H and O–H groups in total. The molecule has 158 valence electrons. The van der Waals surface area contributed by atoms with E-state index in [-0.39, 0.29) is 23.4 Å². The number of Topliss-reactive ketones (excluding diaryl/α,β-unsaturated/α-hetero) is 1. The van der Waals surface area contributed by atoms with Gasteiger partial charge in [0.1, 0.15) is 23.4 Å². The van der Waals surface area contributed by atoms with Crippen LogP contribution >= 0.6 is 11.6 Å². The zero-order valence-electron chi connectivity index (χ0n) is 17.0. The first-order valence-electron chi connectivity index (χ1n) is 10.0. The second-order valence-corrected chi connectivity index (χ2v) is 7.87. The first-order valence-corrected chi connectivity index (χ1v) is 10.4. The van der Waals surface area contributed by atoms with Crippen LogP contribution in [0.2, 0.25) is 5.02 Å². The van der Waals surface area contributed by atoms with Gasteiger partial charge in [-0.05, 0) is 67.1 Å². The van der Waals surface area contributed by atoms with Gasteiger partial charge in [-0.2, -0.15) is 0 Å². The number of ketones is 1. The van der Waals surface area contributed by atoms with Crippen molar-refractivity contribution in [3.8, 4) is 17.2 Å². The number of carbonyl (C=O) groups is 2. The third-order valence-corrected chi connectivity index (χ3v) is 5.50. The Kier molecular flexibility index (Phi) is 5.04. The topological polar surface area (TPSA) is 61.8 Å². The van der Waals surface area contributed by atoms with Crippen LogP contribution in [-0.2, 0) is 0 Å². The SMILES string of the molecule is C[C@@H]1Oc2ccccc2C=C1C=C1Oc2cc(OC(=O)c3ccc(Cl)cc3)ccc2C1=O. The molecular weight excluding hydrogens is 428 g/mol. The highest BCUT2D eigenvalue weighted by Gasteiger charge is 2.29. The van der Waals surface area contributed by atoms with Crippen molar-refractivity contribution in [2.75, 3.05) is 0 Å². The minimum Gasteiger partial charge on any atom is -0.485 e. The van der Waals surface area contributed by atoms with Crippen molar-refractivity contribution >= 4 is 29.4 Å². The molecule has 0 unspecified atom stereocenters. The number of hydrogen-bond donors (Lipinski definition) is 0. The van der Waals surface area contributed by atoms with Crippen LogP contribution in [0.25, 0.3) is 6.08 Å². The molecule has 0 fully saturated rings. The smallest absolute Gasteiger partial charge is 0.343 e. The summed E-state index contributed by atoms with van der Waals surface area (Å²) in [5.74, 6) is 0.855. The van der Waals surface area contributed by atoms with Crippen molar-refractivity contribution in [1.82, 2.24) is 0 Å². The lowest BCUT2D eigenvalue weighted by atomic mass is 10.0. The fourth-order valence-corrected chi connectivity index (χ4v) is 3.68. The van der Waals surface area contributed by atoms with Gasteiger partial charge in [0.2, 0.25) is 5.78 Å². The first-order chi connectivity index (χ1) is 15.5. The van der Waals surface area contributed by atoms with E-state index in [4.69, 9.17) is 25.8 Å². The van der Waals surface area contributed by atoms with Gasteiger partial charge < -0.3 is 14.2 Å². The minimum absolute atomic E-state index is 0.197. The van der Waals surface area contributed by atoms with Crippen LogP contribution in [0.15, 0.2) is 84.1 Å². The van der Waals surface area contributed by atoms with Crippen molar-refractivity contribution in [2.24, 2.45) is 0 Å². The van der Waals surface area contributed by atoms with Crippen molar-refractivity contribution in [3.63, 3.8) is 0 Å². The van der Waals surface area contributed by atoms with Gasteiger partial charge in [-0.3, -0.25) is 4.79 Å². The zero-order valence-corrected chi connectivity index (χ0v) is 17.8. The van der Waals surface area contributed by atoms with Crippen molar-refractivity contribution in [3.05, 3.63) is 106 Å². The third kappa shape index (κ3) is 3.79. The molecule has 1 atom stereocenters. The average Bonchev–Trinajstić information content (AvgIpc) is 3.09. The van der Waals surface area contributed by atoms with E-state index in [9.17, 15) is 9.59 Å². The Morgan fingerprint density at radius 3 is 2.62 bits per heavy atom. The highest BCUT2D eigenvalue weighted by atomic mass is 35.5. The predicted molar refractivity (Wildman–Crippen MR) is 120 cm³/mol. The highest BCUT2D eigenvalue weighted by Crippen LogP contribution is 2.36. The maximum absolute atomic E-state index is 12.8. The van der Waals surface area contributed by atoms with Crippen molar-refractivity contribution < 1.29 is 23.8 Å². The standard InChI is InChI=1S/C26H17ClO5/c1-15-18(12-17-4-2-3-5-22(17)30-15)13-24-25(28)21-11-10-20(14-23(21)32-24)31-26(29)16-6-8-19(27)9-7-16/h2-15H,1H3/t15-/m0/s1. The molecule has 2 heterocycles. The van der Waals surface area contributed by atoms with Crippen molar-refractivity contribution in [2.45, 2.75) is 13.0 Å². The minimum atomic E-state index is -0.529. The Labute approximate surface area is 189 Å². The average molecular weight is 445 g/mol. The summed E-state index contributed by atoms with van der Waals surface area (Å²) in [6.45, 7) is 1.92. The van der Waals surface area contributed by atoms with Crippen LogP contribution in [0.4, 0.5) is 0 Å². The third-order valence-electron chi connectivity index (χ3n) is 5.24. The molecule has 0 spiro atoms. The molecule has 0 aliphatic carbocycles. The van der Waals surface area contributed by atoms with Gasteiger partial charge in [-0.1, -0.05) is 29.8 Å². The van der Waals surface area contributed by atoms with Gasteiger partial charge in [0.25, 0.3) is 0 Å². The summed E-state index contributed by atoms with van der Waals surface area (Å²) in [6, 6.07) is 18.8. The molecule has 3 aromatic rings. The molecule has 0 bridgehead atoms. The molecule has 5 rings (SSSR count). The number of rotatable bonds is 3. The normalized spacial score (nSPS) is 17.7. The van der Waals surface area contributed by atoms with E-state index < -0.39 is 5.97 Å². The van der Waals surface area contributed by atoms with E-state index in [0.717, 1.165) is 16.9 Å². The van der Waals surface area contributed by atoms with Gasteiger partial charge in [-0.15, -0.1) is 0 Å². The molecule has 0 saturated heterocycles. The highest BCUT2D eigenvalue weighted by molar-refractivity contribution is 6.30. The molecule has 0 radical (unpaired) electrons. The summed E-state index contributed by atoms with van der Waals surface area (Å²) >= 11 is 5.85. The van der Waals surface area contributed by atoms with Crippen LogP contribution in [0, 0.1) is 0 Å². The monoisotopic (exact) mass is 444 g/mol. The second kappa shape index (κ2) is 8.02. The Balaban J connectivity index is 1.38. The van der Waals surface area contributed by atoms with Gasteiger partial charge in [0.15, 0.2) is 5.76 Å². The number of allylic oxidation sites excluding steroid dienone is 1. The maximum atomic E-state index is 12.8. The summed E-state index contributed by atoms with van der Waals surface area (Å²) < 4.78 is 17.2. The number of benzene rings is 3. The Bertz CT molecular complexity index is 1300. The molecule has 2 aliphatic rings. The molecule has 0 aromatic heterocycles. The van der Waals surface area contributed by atoms with E-state index in [1.54, 1.807) is 42.5 Å². The molecule has 32 heavy (non-hydrogen) atoms. The van der Waals surface area contributed by atoms with E-state index in [1.165, 1.54) is 6.07 Å². The van der Waals surface area contributed by atoms with Crippen LogP contribution in [0.5, 0.6) is 17.2 Å². The zero-order chi connectivity index (χ0) is 22.2. The number of fused-ring (bicyclic) bond motifs is 2. The summed E-state index contributed by atoms with van der Waals surface area (Å²) in [5, 5.41) is 0.529. The molecule has 3 aromatic carbocycles. The number of halogens is 1. The summed E-state index contributed by atoms with van der Waals surface area (Å²) in [7, 11) is 0. The molecule has 2 aliphatic heterocycles. The summed E-state index contributed by atoms with van der Waals surface area (Å²) in [5.41, 5.74) is 2.55. The van der Waals surface area contributed by atoms with Crippen LogP contribution < -0.4 is 14.2 Å². The molecule has 5 nitrogen and oxygen atoms in total. The Morgan fingerprint density at radius 1 is 1.03 bits per heavy atom. The van der Waals surface area contributed by atoms with Crippen molar-refractivity contribution in [1.29, 1.82) is 0 Å². The van der Waals surface area contributed by atoms with Crippen LogP contribution in [0.1, 0.15) is 33.2 Å². The number of carbonyl (C=O) groups excluding carboxylic acids is 2. The summed E-state index contributed by atoms with van der Waals surface area (Å²) in [4.78, 5) is 25.2. The quantitative estimate of drug-likeness (QED) is 0.286. The molecular formula is C26H17ClO5. The van der Waals surface area contributed by atoms with Gasteiger partial charge in [0.05, 0.1) is 11.1 Å². The predicted octanol–water partition coefficient (Wildman–Crippen LogP) is 5.88. The number of para-hydroxylation sites is 1. The summed E-state index contributed by atoms with van der Waals surface area (Å²) in [6.07, 6.45) is 3.45. The number of ether oxygens (including phenoxy) is 3. The van der Waals surface area contributed by atoms with Gasteiger partial charge in [-0.25, -0.2) is 4.79 Å². The van der Waals surface area contributed by atoms with Crippen LogP contribution in [0.3, 0.4) is 0 Å². The van der Waals surface area contributed by atoms with Gasteiger partial charge in [0, 0.05) is 16.7 Å². The lowest BCUT2D eigenvalue weighted by Crippen LogP contribution is -2.18. The first kappa shape index (κ1) is 20.1. The largest absolute Gasteiger partial charge is 0.485 e. The molecule has 0 amide bonds.